The first kappa shape index (κ1) is 17.8. The molecule has 5 heterocycles. The Morgan fingerprint density at radius 1 is 1.14 bits per heavy atom. The highest BCUT2D eigenvalue weighted by Crippen LogP contribution is 2.40. The van der Waals surface area contributed by atoms with E-state index in [-0.39, 0.29) is 11.7 Å². The van der Waals surface area contributed by atoms with Crippen LogP contribution in [0.1, 0.15) is 36.9 Å². The Labute approximate surface area is 165 Å². The summed E-state index contributed by atoms with van der Waals surface area (Å²) in [6.45, 7) is 5.22. The van der Waals surface area contributed by atoms with Crippen LogP contribution in [0.5, 0.6) is 0 Å². The molecule has 0 aromatic carbocycles. The molecule has 0 amide bonds. The van der Waals surface area contributed by atoms with Crippen LogP contribution in [0, 0.1) is 5.92 Å². The van der Waals surface area contributed by atoms with Crippen LogP contribution >= 0.6 is 0 Å². The Kier molecular flexibility index (Phi) is 4.22. The third-order valence-electron chi connectivity index (χ3n) is 6.15. The van der Waals surface area contributed by atoms with E-state index in [4.69, 9.17) is 4.98 Å². The van der Waals surface area contributed by atoms with Crippen molar-refractivity contribution >= 4 is 21.6 Å². The number of fused-ring (bicyclic) bond motifs is 3. The fraction of sp³-hybridized carbons (Fsp3) is 0.579. The number of rotatable bonds is 2. The van der Waals surface area contributed by atoms with E-state index in [1.54, 1.807) is 12.4 Å². The number of piperidine rings is 1. The van der Waals surface area contributed by atoms with Crippen LogP contribution in [0.25, 0.3) is 0 Å². The Hall–Kier alpha value is -2.29. The van der Waals surface area contributed by atoms with Gasteiger partial charge in [0.25, 0.3) is 0 Å². The van der Waals surface area contributed by atoms with E-state index in [1.165, 1.54) is 12.7 Å². The fourth-order valence-electron chi connectivity index (χ4n) is 4.75. The molecule has 2 saturated heterocycles. The summed E-state index contributed by atoms with van der Waals surface area (Å²) in [6, 6.07) is 1.82. The van der Waals surface area contributed by atoms with Crippen LogP contribution in [-0.2, 0) is 15.6 Å². The monoisotopic (exact) mass is 400 g/mol. The summed E-state index contributed by atoms with van der Waals surface area (Å²) >= 11 is 0. The maximum absolute atomic E-state index is 12.9. The van der Waals surface area contributed by atoms with Crippen LogP contribution in [0.15, 0.2) is 24.8 Å². The van der Waals surface area contributed by atoms with E-state index in [0.717, 1.165) is 42.5 Å². The van der Waals surface area contributed by atoms with Gasteiger partial charge in [-0.05, 0) is 24.8 Å². The lowest BCUT2D eigenvalue weighted by atomic mass is 9.99. The highest BCUT2D eigenvalue weighted by atomic mass is 32.2. The molecule has 0 bridgehead atoms. The van der Waals surface area contributed by atoms with Crippen molar-refractivity contribution in [2.24, 2.45) is 5.92 Å². The summed E-state index contributed by atoms with van der Waals surface area (Å²) in [6.07, 6.45) is 7.29. The molecule has 0 aliphatic carbocycles. The van der Waals surface area contributed by atoms with Crippen molar-refractivity contribution in [1.82, 2.24) is 19.9 Å². The minimum Gasteiger partial charge on any atom is -0.354 e. The standard InChI is InChI=1S/C19H24N6O2S/c1-13-3-2-6-24(8-13)19-21-7-14-11-28(26,27)16-10-25(9-15(16)18(14)23-19)17-4-5-20-12-22-17/h4-5,7,12-13,15-16H,2-3,6,8-11H2,1H3/t13?,15-,16+/m0/s1. The van der Waals surface area contributed by atoms with Crippen molar-refractivity contribution in [3.05, 3.63) is 36.0 Å². The lowest BCUT2D eigenvalue weighted by molar-refractivity contribution is 0.441. The Morgan fingerprint density at radius 2 is 2.04 bits per heavy atom. The van der Waals surface area contributed by atoms with Gasteiger partial charge in [-0.15, -0.1) is 0 Å². The summed E-state index contributed by atoms with van der Waals surface area (Å²) < 4.78 is 25.8. The van der Waals surface area contributed by atoms with Crippen molar-refractivity contribution < 1.29 is 8.42 Å². The van der Waals surface area contributed by atoms with Crippen molar-refractivity contribution in [3.8, 4) is 0 Å². The number of hydrogen-bond acceptors (Lipinski definition) is 8. The molecule has 3 aliphatic rings. The zero-order chi connectivity index (χ0) is 19.3. The van der Waals surface area contributed by atoms with E-state index in [1.807, 2.05) is 11.0 Å². The van der Waals surface area contributed by atoms with Gasteiger partial charge in [-0.2, -0.15) is 0 Å². The molecule has 3 aliphatic heterocycles. The van der Waals surface area contributed by atoms with Gasteiger partial charge in [0.05, 0.1) is 16.7 Å². The number of sulfone groups is 1. The molecule has 148 valence electrons. The summed E-state index contributed by atoms with van der Waals surface area (Å²) in [4.78, 5) is 22.0. The Morgan fingerprint density at radius 3 is 2.82 bits per heavy atom. The number of aromatic nitrogens is 4. The van der Waals surface area contributed by atoms with Crippen LogP contribution in [0.2, 0.25) is 0 Å². The van der Waals surface area contributed by atoms with Gasteiger partial charge in [-0.1, -0.05) is 6.92 Å². The van der Waals surface area contributed by atoms with Gasteiger partial charge in [-0.3, -0.25) is 0 Å². The third-order valence-corrected chi connectivity index (χ3v) is 8.26. The first-order chi connectivity index (χ1) is 13.5. The number of nitrogens with zero attached hydrogens (tertiary/aromatic N) is 6. The maximum atomic E-state index is 12.9. The first-order valence-corrected chi connectivity index (χ1v) is 11.6. The lowest BCUT2D eigenvalue weighted by Gasteiger charge is -2.32. The zero-order valence-electron chi connectivity index (χ0n) is 15.9. The second-order valence-corrected chi connectivity index (χ2v) is 10.4. The van der Waals surface area contributed by atoms with Gasteiger partial charge in [0.1, 0.15) is 12.1 Å². The molecule has 28 heavy (non-hydrogen) atoms. The molecule has 0 N–H and O–H groups in total. The third kappa shape index (κ3) is 3.01. The molecule has 0 radical (unpaired) electrons. The van der Waals surface area contributed by atoms with Gasteiger partial charge in [-0.25, -0.2) is 28.4 Å². The molecule has 8 nitrogen and oxygen atoms in total. The second-order valence-electron chi connectivity index (χ2n) is 8.20. The van der Waals surface area contributed by atoms with Gasteiger partial charge in [0.2, 0.25) is 5.95 Å². The van der Waals surface area contributed by atoms with Crippen LogP contribution < -0.4 is 9.80 Å². The average molecular weight is 401 g/mol. The highest BCUT2D eigenvalue weighted by molar-refractivity contribution is 7.91. The Balaban J connectivity index is 1.50. The summed E-state index contributed by atoms with van der Waals surface area (Å²) in [7, 11) is -3.24. The van der Waals surface area contributed by atoms with Crippen molar-refractivity contribution in [1.29, 1.82) is 0 Å². The fourth-order valence-corrected chi connectivity index (χ4v) is 6.74. The van der Waals surface area contributed by atoms with Gasteiger partial charge >= 0.3 is 0 Å². The molecule has 1 unspecified atom stereocenters. The molecular weight excluding hydrogens is 376 g/mol. The molecule has 5 rings (SSSR count). The lowest BCUT2D eigenvalue weighted by Crippen LogP contribution is -2.38. The molecule has 0 saturated carbocycles. The van der Waals surface area contributed by atoms with Gasteiger partial charge in [0, 0.05) is 50.1 Å². The second kappa shape index (κ2) is 6.65. The molecule has 2 aromatic rings. The molecule has 3 atom stereocenters. The largest absolute Gasteiger partial charge is 0.354 e. The normalized spacial score (nSPS) is 28.7. The van der Waals surface area contributed by atoms with Crippen molar-refractivity contribution in [2.45, 2.75) is 36.7 Å². The van der Waals surface area contributed by atoms with Crippen LogP contribution in [0.3, 0.4) is 0 Å². The molecule has 9 heteroatoms. The number of anilines is 2. The summed E-state index contributed by atoms with van der Waals surface area (Å²) in [5.74, 6) is 2.01. The quantitative estimate of drug-likeness (QED) is 0.747. The SMILES string of the molecule is CC1CCCN(c2ncc3c(n2)[C@H]2CN(c4ccncn4)C[C@H]2S(=O)(=O)C3)C1. The van der Waals surface area contributed by atoms with E-state index in [0.29, 0.717) is 19.0 Å². The number of hydrogen-bond donors (Lipinski definition) is 0. The highest BCUT2D eigenvalue weighted by Gasteiger charge is 2.48. The van der Waals surface area contributed by atoms with Crippen molar-refractivity contribution in [2.75, 3.05) is 36.0 Å². The molecular formula is C19H24N6O2S. The minimum atomic E-state index is -3.24. The van der Waals surface area contributed by atoms with E-state index in [2.05, 4.69) is 26.8 Å². The van der Waals surface area contributed by atoms with E-state index >= 15 is 0 Å². The minimum absolute atomic E-state index is 0.0256. The summed E-state index contributed by atoms with van der Waals surface area (Å²) in [5, 5.41) is -0.446. The Bertz CT molecular complexity index is 983. The van der Waals surface area contributed by atoms with E-state index in [9.17, 15) is 8.42 Å². The summed E-state index contributed by atoms with van der Waals surface area (Å²) in [5.41, 5.74) is 1.65. The van der Waals surface area contributed by atoms with Crippen molar-refractivity contribution in [3.63, 3.8) is 0 Å². The predicted octanol–water partition coefficient (Wildman–Crippen LogP) is 1.40. The average Bonchev–Trinajstić information content (AvgIpc) is 3.15. The molecule has 2 aromatic heterocycles. The van der Waals surface area contributed by atoms with Gasteiger partial charge < -0.3 is 9.80 Å². The first-order valence-electron chi connectivity index (χ1n) is 9.84. The van der Waals surface area contributed by atoms with E-state index < -0.39 is 15.1 Å². The van der Waals surface area contributed by atoms with Crippen LogP contribution in [-0.4, -0.2) is 59.8 Å². The molecule has 0 spiro atoms. The van der Waals surface area contributed by atoms with Gasteiger partial charge in [0.15, 0.2) is 9.84 Å². The zero-order valence-corrected chi connectivity index (χ0v) is 16.7. The predicted molar refractivity (Wildman–Crippen MR) is 106 cm³/mol. The van der Waals surface area contributed by atoms with Crippen LogP contribution in [0.4, 0.5) is 11.8 Å². The topological polar surface area (TPSA) is 92.2 Å². The smallest absolute Gasteiger partial charge is 0.225 e. The maximum Gasteiger partial charge on any atom is 0.225 e. The molecule has 2 fully saturated rings.